The fourth-order valence-electron chi connectivity index (χ4n) is 1.93. The van der Waals surface area contributed by atoms with Gasteiger partial charge in [-0.05, 0) is 31.0 Å². The zero-order valence-electron chi connectivity index (χ0n) is 11.2. The van der Waals surface area contributed by atoms with Gasteiger partial charge in [-0.25, -0.2) is 0 Å². The van der Waals surface area contributed by atoms with Gasteiger partial charge in [0, 0.05) is 21.9 Å². The number of benzene rings is 2. The highest BCUT2D eigenvalue weighted by atomic mass is 79.9. The summed E-state index contributed by atoms with van der Waals surface area (Å²) >= 11 is 3.48. The third-order valence-corrected chi connectivity index (χ3v) is 3.58. The van der Waals surface area contributed by atoms with E-state index in [0.717, 1.165) is 0 Å². The molecule has 1 aromatic heterocycles. The zero-order chi connectivity index (χ0) is 13.7. The Morgan fingerprint density at radius 3 is 2.16 bits per heavy atom. The van der Waals surface area contributed by atoms with Crippen LogP contribution in [0.5, 0.6) is 0 Å². The van der Waals surface area contributed by atoms with Crippen LogP contribution in [-0.2, 0) is 0 Å². The summed E-state index contributed by atoms with van der Waals surface area (Å²) in [6, 6.07) is 18.7. The van der Waals surface area contributed by atoms with Crippen molar-refractivity contribution in [2.24, 2.45) is 0 Å². The van der Waals surface area contributed by atoms with Crippen LogP contribution in [0.15, 0.2) is 60.8 Å². The van der Waals surface area contributed by atoms with Crippen molar-refractivity contribution in [3.05, 3.63) is 71.9 Å². The van der Waals surface area contributed by atoms with Crippen molar-refractivity contribution in [2.45, 2.75) is 18.7 Å². The lowest BCUT2D eigenvalue weighted by molar-refractivity contribution is 1.12. The number of H-pyrrole nitrogens is 1. The summed E-state index contributed by atoms with van der Waals surface area (Å²) in [7, 11) is 0. The first-order valence-electron chi connectivity index (χ1n) is 6.40. The van der Waals surface area contributed by atoms with Crippen LogP contribution in [0.2, 0.25) is 0 Å². The zero-order valence-corrected chi connectivity index (χ0v) is 12.8. The molecule has 3 rings (SSSR count). The molecule has 1 unspecified atom stereocenters. The molecule has 0 bridgehead atoms. The van der Waals surface area contributed by atoms with E-state index in [1.165, 1.54) is 22.0 Å². The van der Waals surface area contributed by atoms with E-state index in [1.54, 1.807) is 0 Å². The van der Waals surface area contributed by atoms with E-state index in [0.29, 0.717) is 4.83 Å². The maximum absolute atomic E-state index is 3.48. The normalized spacial score (nSPS) is 11.7. The van der Waals surface area contributed by atoms with E-state index in [-0.39, 0.29) is 0 Å². The molecule has 19 heavy (non-hydrogen) atoms. The molecule has 0 amide bonds. The first-order valence-corrected chi connectivity index (χ1v) is 7.32. The minimum absolute atomic E-state index is 0.471. The van der Waals surface area contributed by atoms with E-state index in [9.17, 15) is 0 Å². The first kappa shape index (κ1) is 13.9. The van der Waals surface area contributed by atoms with Gasteiger partial charge in [-0.3, -0.25) is 0 Å². The number of alkyl halides is 1. The van der Waals surface area contributed by atoms with E-state index >= 15 is 0 Å². The standard InChI is InChI=1S/C9H9N.C8H9Br/c1-7-6-10-9-5-3-2-4-8(7)9;1-7(9)8-5-3-2-4-6-8/h2-6,10H,1H3;2-7H,1H3. The predicted octanol–water partition coefficient (Wildman–Crippen LogP) is 5.62. The van der Waals surface area contributed by atoms with Crippen molar-refractivity contribution in [1.82, 2.24) is 4.98 Å². The second kappa shape index (κ2) is 6.58. The number of para-hydroxylation sites is 1. The molecule has 0 fully saturated rings. The number of nitrogens with one attached hydrogen (secondary N) is 1. The summed E-state index contributed by atoms with van der Waals surface area (Å²) in [5.74, 6) is 0. The number of hydrogen-bond acceptors (Lipinski definition) is 0. The van der Waals surface area contributed by atoms with Gasteiger partial charge in [0.2, 0.25) is 0 Å². The van der Waals surface area contributed by atoms with Gasteiger partial charge < -0.3 is 4.98 Å². The molecule has 0 radical (unpaired) electrons. The average molecular weight is 316 g/mol. The molecule has 0 spiro atoms. The Kier molecular flexibility index (Phi) is 4.80. The van der Waals surface area contributed by atoms with E-state index < -0.39 is 0 Å². The first-order chi connectivity index (χ1) is 9.18. The minimum atomic E-state index is 0.471. The van der Waals surface area contributed by atoms with Gasteiger partial charge in [0.05, 0.1) is 0 Å². The second-order valence-corrected chi connectivity index (χ2v) is 5.92. The Hall–Kier alpha value is -1.54. The van der Waals surface area contributed by atoms with Crippen molar-refractivity contribution in [3.63, 3.8) is 0 Å². The predicted molar refractivity (Wildman–Crippen MR) is 86.8 cm³/mol. The van der Waals surface area contributed by atoms with Crippen LogP contribution in [0, 0.1) is 6.92 Å². The smallest absolute Gasteiger partial charge is 0.0456 e. The molecule has 0 saturated carbocycles. The van der Waals surface area contributed by atoms with Crippen LogP contribution in [0.3, 0.4) is 0 Å². The number of aromatic amines is 1. The molecule has 0 aliphatic rings. The van der Waals surface area contributed by atoms with Gasteiger partial charge in [-0.15, -0.1) is 0 Å². The molecule has 0 aliphatic carbocycles. The molecule has 1 N–H and O–H groups in total. The van der Waals surface area contributed by atoms with Crippen LogP contribution < -0.4 is 0 Å². The molecule has 2 aromatic carbocycles. The van der Waals surface area contributed by atoms with Crippen molar-refractivity contribution >= 4 is 26.8 Å². The van der Waals surface area contributed by atoms with Crippen molar-refractivity contribution in [3.8, 4) is 0 Å². The third-order valence-electron chi connectivity index (χ3n) is 3.05. The molecule has 1 atom stereocenters. The Morgan fingerprint density at radius 1 is 0.947 bits per heavy atom. The number of hydrogen-bond donors (Lipinski definition) is 1. The maximum Gasteiger partial charge on any atom is 0.0456 e. The number of aryl methyl sites for hydroxylation is 1. The van der Waals surface area contributed by atoms with Gasteiger partial charge in [0.25, 0.3) is 0 Å². The monoisotopic (exact) mass is 315 g/mol. The molecule has 0 saturated heterocycles. The van der Waals surface area contributed by atoms with E-state index in [4.69, 9.17) is 0 Å². The molecule has 98 valence electrons. The lowest BCUT2D eigenvalue weighted by atomic mass is 10.2. The summed E-state index contributed by atoms with van der Waals surface area (Å²) in [6.07, 6.45) is 2.03. The van der Waals surface area contributed by atoms with Crippen LogP contribution in [0.4, 0.5) is 0 Å². The average Bonchev–Trinajstić information content (AvgIpc) is 2.83. The van der Waals surface area contributed by atoms with Crippen LogP contribution in [0.1, 0.15) is 22.9 Å². The van der Waals surface area contributed by atoms with Gasteiger partial charge in [0.1, 0.15) is 0 Å². The fourth-order valence-corrected chi connectivity index (χ4v) is 2.24. The van der Waals surface area contributed by atoms with Crippen LogP contribution in [0.25, 0.3) is 10.9 Å². The summed E-state index contributed by atoms with van der Waals surface area (Å²) < 4.78 is 0. The lowest BCUT2D eigenvalue weighted by Gasteiger charge is -1.99. The SMILES string of the molecule is CC(Br)c1ccccc1.Cc1c[nH]c2ccccc12. The Balaban J connectivity index is 0.000000141. The number of halogens is 1. The molecule has 1 heterocycles. The highest BCUT2D eigenvalue weighted by Crippen LogP contribution is 2.20. The van der Waals surface area contributed by atoms with Gasteiger partial charge in [0.15, 0.2) is 0 Å². The largest absolute Gasteiger partial charge is 0.361 e. The molecule has 2 heteroatoms. The highest BCUT2D eigenvalue weighted by molar-refractivity contribution is 9.09. The van der Waals surface area contributed by atoms with Crippen molar-refractivity contribution < 1.29 is 0 Å². The summed E-state index contributed by atoms with van der Waals surface area (Å²) in [5, 5.41) is 1.32. The van der Waals surface area contributed by atoms with E-state index in [1.807, 2.05) is 30.5 Å². The van der Waals surface area contributed by atoms with E-state index in [2.05, 4.69) is 65.1 Å². The molecular formula is C17H18BrN. The second-order valence-electron chi connectivity index (χ2n) is 4.54. The molecular weight excluding hydrogens is 298 g/mol. The van der Waals surface area contributed by atoms with Crippen molar-refractivity contribution in [1.29, 1.82) is 0 Å². The number of rotatable bonds is 1. The Morgan fingerprint density at radius 2 is 1.58 bits per heavy atom. The minimum Gasteiger partial charge on any atom is -0.361 e. The summed E-state index contributed by atoms with van der Waals surface area (Å²) in [5.41, 5.74) is 3.87. The Labute approximate surface area is 122 Å². The molecule has 3 aromatic rings. The highest BCUT2D eigenvalue weighted by Gasteiger charge is 1.95. The Bertz CT molecular complexity index is 626. The number of aromatic nitrogens is 1. The number of fused-ring (bicyclic) bond motifs is 1. The van der Waals surface area contributed by atoms with Crippen LogP contribution >= 0.6 is 15.9 Å². The van der Waals surface area contributed by atoms with Gasteiger partial charge >= 0.3 is 0 Å². The molecule has 1 nitrogen and oxygen atoms in total. The van der Waals surface area contributed by atoms with Crippen LogP contribution in [-0.4, -0.2) is 4.98 Å². The molecule has 0 aliphatic heterocycles. The van der Waals surface area contributed by atoms with Gasteiger partial charge in [-0.2, -0.15) is 0 Å². The third kappa shape index (κ3) is 3.71. The lowest BCUT2D eigenvalue weighted by Crippen LogP contribution is -1.79. The van der Waals surface area contributed by atoms with Gasteiger partial charge in [-0.1, -0.05) is 64.5 Å². The fraction of sp³-hybridized carbons (Fsp3) is 0.176. The summed E-state index contributed by atoms with van der Waals surface area (Å²) in [6.45, 7) is 4.23. The quantitative estimate of drug-likeness (QED) is 0.561. The topological polar surface area (TPSA) is 15.8 Å². The van der Waals surface area contributed by atoms with Crippen molar-refractivity contribution in [2.75, 3.05) is 0 Å². The maximum atomic E-state index is 3.48. The summed E-state index contributed by atoms with van der Waals surface area (Å²) in [4.78, 5) is 3.66.